The van der Waals surface area contributed by atoms with Gasteiger partial charge in [0.1, 0.15) is 23.3 Å². The van der Waals surface area contributed by atoms with Crippen molar-refractivity contribution in [1.29, 1.82) is 0 Å². The molecule has 412 valence electrons. The maximum Gasteiger partial charge on any atom is 0.145 e. The summed E-state index contributed by atoms with van der Waals surface area (Å²) < 4.78 is 0. The Morgan fingerprint density at radius 2 is 0.848 bits per heavy atom. The summed E-state index contributed by atoms with van der Waals surface area (Å²) in [4.78, 5) is 31.6. The number of para-hydroxylation sites is 2. The molecule has 12 rings (SSSR count). The third-order valence-electron chi connectivity index (χ3n) is 15.8. The van der Waals surface area contributed by atoms with E-state index in [0.717, 1.165) is 175 Å². The molecule has 2 aliphatic carbocycles. The number of rotatable bonds is 15. The Kier molecular flexibility index (Phi) is 19.6. The van der Waals surface area contributed by atoms with Crippen LogP contribution in [0.2, 0.25) is 0 Å². The van der Waals surface area contributed by atoms with Gasteiger partial charge in [-0.2, -0.15) is 0 Å². The number of benzene rings is 6. The van der Waals surface area contributed by atoms with Crippen LogP contribution in [0, 0.1) is 0 Å². The molecular weight excluding hydrogens is 996 g/mol. The van der Waals surface area contributed by atoms with E-state index in [9.17, 15) is 0 Å². The zero-order valence-corrected chi connectivity index (χ0v) is 47.8. The summed E-state index contributed by atoms with van der Waals surface area (Å²) in [5.41, 5.74) is 13.3. The highest BCUT2D eigenvalue weighted by atomic mass is 35.5. The van der Waals surface area contributed by atoms with E-state index in [-0.39, 0.29) is 5.38 Å². The van der Waals surface area contributed by atoms with Crippen LogP contribution in [-0.2, 0) is 38.8 Å². The minimum absolute atomic E-state index is 0.00917. The number of hydrogen-bond donors (Lipinski definition) is 3. The van der Waals surface area contributed by atoms with Gasteiger partial charge in [-0.3, -0.25) is 14.7 Å². The van der Waals surface area contributed by atoms with Crippen molar-refractivity contribution in [3.05, 3.63) is 202 Å². The highest BCUT2D eigenvalue weighted by Crippen LogP contribution is 2.38. The first-order valence-electron chi connectivity index (χ1n) is 28.9. The highest BCUT2D eigenvalue weighted by molar-refractivity contribution is 6.22. The van der Waals surface area contributed by atoms with Crippen LogP contribution in [0.1, 0.15) is 80.4 Å². The van der Waals surface area contributed by atoms with E-state index in [2.05, 4.69) is 202 Å². The lowest BCUT2D eigenvalue weighted by molar-refractivity contribution is 0.103. The molecule has 0 amide bonds. The largest absolute Gasteiger partial charge is 0.369 e. The van der Waals surface area contributed by atoms with Gasteiger partial charge in [0, 0.05) is 76.2 Å². The fraction of sp³-hybridized carbons (Fsp3) is 0.394. The predicted octanol–water partition coefficient (Wildman–Crippen LogP) is 10.5. The quantitative estimate of drug-likeness (QED) is 0.0673. The van der Waals surface area contributed by atoms with Gasteiger partial charge in [-0.15, -0.1) is 11.6 Å². The Morgan fingerprint density at radius 1 is 0.468 bits per heavy atom. The van der Waals surface area contributed by atoms with Gasteiger partial charge in [0.15, 0.2) is 0 Å². The number of alkyl halides is 1. The van der Waals surface area contributed by atoms with E-state index in [1.807, 2.05) is 12.1 Å². The minimum atomic E-state index is 0.00917. The zero-order chi connectivity index (χ0) is 54.3. The number of hydrogen-bond acceptors (Lipinski definition) is 12. The van der Waals surface area contributed by atoms with Gasteiger partial charge in [0.05, 0.1) is 35.5 Å². The van der Waals surface area contributed by atoms with Crippen LogP contribution >= 0.6 is 11.6 Å². The van der Waals surface area contributed by atoms with E-state index in [1.54, 1.807) is 0 Å². The molecule has 2 fully saturated rings. The van der Waals surface area contributed by atoms with Crippen LogP contribution in [-0.4, -0.2) is 151 Å². The number of nitrogens with zero attached hydrogens (tertiary/aromatic N) is 9. The number of aryl methyl sites for hydroxylation is 4. The first kappa shape index (κ1) is 55.9. The van der Waals surface area contributed by atoms with Gasteiger partial charge in [-0.1, -0.05) is 121 Å². The molecule has 0 bridgehead atoms. The summed E-state index contributed by atoms with van der Waals surface area (Å²) in [7, 11) is 8.44. The van der Waals surface area contributed by atoms with Crippen LogP contribution in [0.15, 0.2) is 146 Å². The summed E-state index contributed by atoms with van der Waals surface area (Å²) in [6, 6.07) is 52.1. The van der Waals surface area contributed by atoms with Gasteiger partial charge in [0.2, 0.25) is 0 Å². The standard InChI is InChI=1S/C33H40N6.C18H28N6.C15H13Cl/c1-37(2)19-9-18-34-33-29-14-7-8-15-30(29)35-31(36-33)24-38-20-22-39(23-21-38)32-27-12-5-3-10-25(27)16-17-26-11-4-6-13-28(26)32;1-23(2)11-5-8-20-18-15-6-3-4-7-16(15)21-17(22-18)14-24-12-9-19-10-13-24;16-15-13-7-3-1-5-11(13)9-10-12-6-2-4-8-14(12)15/h3-8,10-15,32H,9,16-24H2,1-2H3,(H,34,35,36);3-4,6-7,19H,5,8-14H2,1-2H3,(H,20,21,22);1-8,15H,9-10H2. The molecule has 4 aliphatic rings. The Bertz CT molecular complexity index is 3130. The van der Waals surface area contributed by atoms with Crippen molar-refractivity contribution in [1.82, 2.24) is 49.8 Å². The second kappa shape index (κ2) is 27.7. The van der Waals surface area contributed by atoms with Crippen molar-refractivity contribution in [2.75, 3.05) is 117 Å². The molecule has 4 heterocycles. The average Bonchev–Trinajstić information content (AvgIpc) is 3.89. The first-order chi connectivity index (χ1) is 38.7. The van der Waals surface area contributed by atoms with Crippen molar-refractivity contribution in [2.24, 2.45) is 0 Å². The van der Waals surface area contributed by atoms with Crippen LogP contribution < -0.4 is 16.0 Å². The fourth-order valence-electron chi connectivity index (χ4n) is 11.7. The van der Waals surface area contributed by atoms with Crippen molar-refractivity contribution in [2.45, 2.75) is 63.0 Å². The fourth-order valence-corrected chi connectivity index (χ4v) is 12.1. The van der Waals surface area contributed by atoms with Crippen molar-refractivity contribution in [3.8, 4) is 0 Å². The average molecular weight is 1080 g/mol. The molecule has 6 aromatic carbocycles. The number of aromatic nitrogens is 4. The number of piperazine rings is 2. The van der Waals surface area contributed by atoms with E-state index in [1.165, 1.54) is 44.5 Å². The zero-order valence-electron chi connectivity index (χ0n) is 47.1. The first-order valence-corrected chi connectivity index (χ1v) is 29.3. The lowest BCUT2D eigenvalue weighted by Gasteiger charge is -2.40. The van der Waals surface area contributed by atoms with Gasteiger partial charge in [-0.05, 0) is 149 Å². The van der Waals surface area contributed by atoms with Gasteiger partial charge >= 0.3 is 0 Å². The molecule has 0 atom stereocenters. The number of nitrogens with one attached hydrogen (secondary N) is 3. The molecule has 0 unspecified atom stereocenters. The Hall–Kier alpha value is -6.35. The normalized spacial score (nSPS) is 16.1. The van der Waals surface area contributed by atoms with Crippen molar-refractivity contribution >= 4 is 45.0 Å². The van der Waals surface area contributed by atoms with Gasteiger partial charge in [0.25, 0.3) is 0 Å². The van der Waals surface area contributed by atoms with Crippen LogP contribution in [0.3, 0.4) is 0 Å². The van der Waals surface area contributed by atoms with E-state index in [0.29, 0.717) is 6.04 Å². The molecule has 3 N–H and O–H groups in total. The number of halogens is 1. The van der Waals surface area contributed by atoms with E-state index >= 15 is 0 Å². The molecule has 8 aromatic rings. The molecular formula is C66H81ClN12. The molecule has 0 saturated carbocycles. The van der Waals surface area contributed by atoms with Crippen LogP contribution in [0.4, 0.5) is 11.6 Å². The smallest absolute Gasteiger partial charge is 0.145 e. The molecule has 0 spiro atoms. The Balaban J connectivity index is 0.000000149. The molecule has 2 aromatic heterocycles. The molecule has 12 nitrogen and oxygen atoms in total. The molecule has 13 heteroatoms. The number of fused-ring (bicyclic) bond motifs is 6. The monoisotopic (exact) mass is 1080 g/mol. The second-order valence-electron chi connectivity index (χ2n) is 22.1. The predicted molar refractivity (Wildman–Crippen MR) is 328 cm³/mol. The van der Waals surface area contributed by atoms with E-state index in [4.69, 9.17) is 31.5 Å². The maximum atomic E-state index is 6.58. The summed E-state index contributed by atoms with van der Waals surface area (Å²) in [6.07, 6.45) is 6.60. The van der Waals surface area contributed by atoms with Gasteiger partial charge in [-0.25, -0.2) is 19.9 Å². The highest BCUT2D eigenvalue weighted by Gasteiger charge is 2.31. The van der Waals surface area contributed by atoms with Gasteiger partial charge < -0.3 is 25.8 Å². The summed E-state index contributed by atoms with van der Waals surface area (Å²) in [5, 5.41) is 12.7. The molecule has 79 heavy (non-hydrogen) atoms. The minimum Gasteiger partial charge on any atom is -0.369 e. The lowest BCUT2D eigenvalue weighted by Crippen LogP contribution is -2.47. The van der Waals surface area contributed by atoms with Crippen LogP contribution in [0.5, 0.6) is 0 Å². The third kappa shape index (κ3) is 14.7. The Morgan fingerprint density at radius 3 is 1.29 bits per heavy atom. The molecule has 0 radical (unpaired) electrons. The summed E-state index contributed by atoms with van der Waals surface area (Å²) in [5.74, 6) is 3.73. The molecule has 2 saturated heterocycles. The van der Waals surface area contributed by atoms with Crippen molar-refractivity contribution in [3.63, 3.8) is 0 Å². The number of anilines is 2. The maximum absolute atomic E-state index is 6.58. The SMILES string of the molecule is CN(C)CCCNc1nc(CN2CCN(C3c4ccccc4CCc4ccccc43)CC2)nc2ccccc12.CN(C)CCCNc1nc(CN2CCNCC2)nc2ccccc12.ClC1c2ccccc2CCc2ccccc21. The summed E-state index contributed by atoms with van der Waals surface area (Å²) >= 11 is 6.58. The van der Waals surface area contributed by atoms with Crippen molar-refractivity contribution < 1.29 is 0 Å². The lowest BCUT2D eigenvalue weighted by atomic mass is 9.93. The topological polar surface area (TPSA) is 104 Å². The third-order valence-corrected chi connectivity index (χ3v) is 16.3. The second-order valence-corrected chi connectivity index (χ2v) is 22.5. The van der Waals surface area contributed by atoms with Crippen LogP contribution in [0.25, 0.3) is 21.8 Å². The molecule has 2 aliphatic heterocycles. The Labute approximate surface area is 474 Å². The van der Waals surface area contributed by atoms with E-state index < -0.39 is 0 Å². The summed E-state index contributed by atoms with van der Waals surface area (Å²) in [6.45, 7) is 13.9.